The van der Waals surface area contributed by atoms with Crippen molar-refractivity contribution in [3.63, 3.8) is 0 Å². The topological polar surface area (TPSA) is 83.6 Å². The monoisotopic (exact) mass is 472 g/mol. The Morgan fingerprint density at radius 2 is 1.83 bits per heavy atom. The van der Waals surface area contributed by atoms with Gasteiger partial charge in [-0.05, 0) is 30.3 Å². The average molecular weight is 474 g/mol. The maximum Gasteiger partial charge on any atom is 0.252 e. The minimum atomic E-state index is -3.80. The van der Waals surface area contributed by atoms with Gasteiger partial charge in [0.2, 0.25) is 10.0 Å². The van der Waals surface area contributed by atoms with E-state index in [-0.39, 0.29) is 20.7 Å². The summed E-state index contributed by atoms with van der Waals surface area (Å²) in [6, 6.07) is 7.49. The summed E-state index contributed by atoms with van der Waals surface area (Å²) >= 11 is 10.2. The standard InChI is InChI=1S/C13H14BrClN2O4S3/c1-17(2)24(20,21)13-6-4-10(22-13)8-16-23(18,19)12-5-3-9(14)7-11(12)15/h3-7,16H,8H2,1-2H3. The molecule has 0 aliphatic rings. The van der Waals surface area contributed by atoms with E-state index in [2.05, 4.69) is 20.7 Å². The minimum absolute atomic E-state index is 0.0255. The first-order valence-corrected chi connectivity index (χ1v) is 11.4. The Hall–Kier alpha value is -0.490. The Morgan fingerprint density at radius 3 is 2.42 bits per heavy atom. The Labute approximate surface area is 158 Å². The number of hydrogen-bond acceptors (Lipinski definition) is 5. The lowest BCUT2D eigenvalue weighted by Crippen LogP contribution is -2.23. The van der Waals surface area contributed by atoms with Crippen LogP contribution in [0.4, 0.5) is 0 Å². The van der Waals surface area contributed by atoms with Crippen LogP contribution >= 0.6 is 38.9 Å². The number of thiophene rings is 1. The molecule has 132 valence electrons. The molecule has 0 aliphatic carbocycles. The van der Waals surface area contributed by atoms with Crippen molar-refractivity contribution in [2.24, 2.45) is 0 Å². The van der Waals surface area contributed by atoms with E-state index in [1.807, 2.05) is 0 Å². The van der Waals surface area contributed by atoms with Gasteiger partial charge in [0.25, 0.3) is 10.0 Å². The van der Waals surface area contributed by atoms with Crippen molar-refractivity contribution in [2.75, 3.05) is 14.1 Å². The Balaban J connectivity index is 2.18. The van der Waals surface area contributed by atoms with Gasteiger partial charge in [0.1, 0.15) is 9.10 Å². The highest BCUT2D eigenvalue weighted by molar-refractivity contribution is 9.10. The molecule has 1 aromatic carbocycles. The van der Waals surface area contributed by atoms with Crippen LogP contribution in [0.2, 0.25) is 5.02 Å². The number of benzene rings is 1. The van der Waals surface area contributed by atoms with Gasteiger partial charge >= 0.3 is 0 Å². The summed E-state index contributed by atoms with van der Waals surface area (Å²) in [5.41, 5.74) is 0. The van der Waals surface area contributed by atoms with Crippen molar-refractivity contribution in [1.29, 1.82) is 0 Å². The van der Waals surface area contributed by atoms with Gasteiger partial charge in [0.05, 0.1) is 5.02 Å². The van der Waals surface area contributed by atoms with E-state index in [1.54, 1.807) is 12.1 Å². The zero-order valence-electron chi connectivity index (χ0n) is 12.7. The quantitative estimate of drug-likeness (QED) is 0.699. The first kappa shape index (κ1) is 19.8. The van der Waals surface area contributed by atoms with Crippen LogP contribution in [0, 0.1) is 0 Å². The number of sulfonamides is 2. The van der Waals surface area contributed by atoms with E-state index in [0.29, 0.717) is 9.35 Å². The van der Waals surface area contributed by atoms with Gasteiger partial charge in [-0.15, -0.1) is 11.3 Å². The molecule has 0 bridgehead atoms. The number of halogens is 2. The van der Waals surface area contributed by atoms with Crippen molar-refractivity contribution in [3.8, 4) is 0 Å². The lowest BCUT2D eigenvalue weighted by Gasteiger charge is -2.09. The van der Waals surface area contributed by atoms with Gasteiger partial charge in [-0.3, -0.25) is 0 Å². The van der Waals surface area contributed by atoms with E-state index in [0.717, 1.165) is 15.6 Å². The highest BCUT2D eigenvalue weighted by atomic mass is 79.9. The number of rotatable bonds is 6. The van der Waals surface area contributed by atoms with Crippen LogP contribution in [0.15, 0.2) is 43.9 Å². The lowest BCUT2D eigenvalue weighted by molar-refractivity contribution is 0.523. The Kier molecular flexibility index (Phi) is 6.12. The van der Waals surface area contributed by atoms with E-state index in [1.165, 1.54) is 32.3 Å². The Bertz CT molecular complexity index is 955. The second-order valence-corrected chi connectivity index (χ2v) is 11.5. The van der Waals surface area contributed by atoms with Gasteiger partial charge in [-0.2, -0.15) is 0 Å². The first-order chi connectivity index (χ1) is 11.0. The molecule has 2 aromatic rings. The van der Waals surface area contributed by atoms with Gasteiger partial charge < -0.3 is 0 Å². The summed E-state index contributed by atoms with van der Waals surface area (Å²) < 4.78 is 53.0. The summed E-state index contributed by atoms with van der Waals surface area (Å²) in [6.07, 6.45) is 0. The third kappa shape index (κ3) is 4.37. The van der Waals surface area contributed by atoms with Crippen LogP contribution in [0.3, 0.4) is 0 Å². The average Bonchev–Trinajstić information content (AvgIpc) is 2.94. The zero-order chi connectivity index (χ0) is 18.1. The second-order valence-electron chi connectivity index (χ2n) is 4.91. The summed E-state index contributed by atoms with van der Waals surface area (Å²) in [5, 5.41) is 0.0962. The molecule has 1 heterocycles. The van der Waals surface area contributed by atoms with Gasteiger partial charge in [0.15, 0.2) is 0 Å². The third-order valence-electron chi connectivity index (χ3n) is 2.99. The smallest absolute Gasteiger partial charge is 0.207 e. The number of nitrogens with one attached hydrogen (secondary N) is 1. The van der Waals surface area contributed by atoms with Crippen LogP contribution in [-0.4, -0.2) is 35.2 Å². The van der Waals surface area contributed by atoms with Gasteiger partial charge in [-0.1, -0.05) is 27.5 Å². The molecule has 11 heteroatoms. The third-order valence-corrected chi connectivity index (χ3v) is 8.74. The van der Waals surface area contributed by atoms with Crippen LogP contribution in [-0.2, 0) is 26.6 Å². The molecule has 0 radical (unpaired) electrons. The Morgan fingerprint density at radius 1 is 1.17 bits per heavy atom. The molecular weight excluding hydrogens is 460 g/mol. The predicted molar refractivity (Wildman–Crippen MR) is 98.4 cm³/mol. The predicted octanol–water partition coefficient (Wildman–Crippen LogP) is 2.89. The highest BCUT2D eigenvalue weighted by Gasteiger charge is 2.21. The molecule has 0 amide bonds. The number of nitrogens with zero attached hydrogens (tertiary/aromatic N) is 1. The summed E-state index contributed by atoms with van der Waals surface area (Å²) in [4.78, 5) is 0.539. The molecule has 1 N–H and O–H groups in total. The fourth-order valence-corrected chi connectivity index (χ4v) is 6.31. The van der Waals surface area contributed by atoms with Gasteiger partial charge in [-0.25, -0.2) is 25.9 Å². The molecule has 2 rings (SSSR count). The fourth-order valence-electron chi connectivity index (χ4n) is 1.71. The molecule has 0 atom stereocenters. The summed E-state index contributed by atoms with van der Waals surface area (Å²) in [7, 11) is -4.45. The first-order valence-electron chi connectivity index (χ1n) is 6.50. The van der Waals surface area contributed by atoms with E-state index < -0.39 is 20.0 Å². The summed E-state index contributed by atoms with van der Waals surface area (Å²) in [5.74, 6) is 0. The van der Waals surface area contributed by atoms with E-state index >= 15 is 0 Å². The SMILES string of the molecule is CN(C)S(=O)(=O)c1ccc(CNS(=O)(=O)c2ccc(Br)cc2Cl)s1. The van der Waals surface area contributed by atoms with Crippen molar-refractivity contribution in [2.45, 2.75) is 15.6 Å². The largest absolute Gasteiger partial charge is 0.252 e. The highest BCUT2D eigenvalue weighted by Crippen LogP contribution is 2.27. The van der Waals surface area contributed by atoms with Crippen LogP contribution < -0.4 is 4.72 Å². The molecule has 0 aliphatic heterocycles. The fraction of sp³-hybridized carbons (Fsp3) is 0.231. The zero-order valence-corrected chi connectivity index (χ0v) is 17.4. The number of hydrogen-bond donors (Lipinski definition) is 1. The molecule has 0 fully saturated rings. The van der Waals surface area contributed by atoms with Crippen molar-refractivity contribution in [3.05, 3.63) is 44.7 Å². The van der Waals surface area contributed by atoms with Gasteiger partial charge in [0, 0.05) is 30.0 Å². The summed E-state index contributed by atoms with van der Waals surface area (Å²) in [6.45, 7) is -0.0255. The normalized spacial score (nSPS) is 12.7. The molecule has 1 aromatic heterocycles. The molecular formula is C13H14BrClN2O4S3. The van der Waals surface area contributed by atoms with E-state index in [4.69, 9.17) is 11.6 Å². The van der Waals surface area contributed by atoms with Crippen molar-refractivity contribution >= 4 is 58.9 Å². The molecule has 0 saturated heterocycles. The maximum atomic E-state index is 12.3. The minimum Gasteiger partial charge on any atom is -0.207 e. The van der Waals surface area contributed by atoms with Crippen LogP contribution in [0.5, 0.6) is 0 Å². The molecule has 0 spiro atoms. The van der Waals surface area contributed by atoms with Crippen LogP contribution in [0.1, 0.15) is 4.88 Å². The molecule has 24 heavy (non-hydrogen) atoms. The van der Waals surface area contributed by atoms with Crippen molar-refractivity contribution in [1.82, 2.24) is 9.03 Å². The molecule has 0 unspecified atom stereocenters. The van der Waals surface area contributed by atoms with Crippen molar-refractivity contribution < 1.29 is 16.8 Å². The van der Waals surface area contributed by atoms with Crippen LogP contribution in [0.25, 0.3) is 0 Å². The maximum absolute atomic E-state index is 12.3. The van der Waals surface area contributed by atoms with E-state index in [9.17, 15) is 16.8 Å². The molecule has 0 saturated carbocycles. The second kappa shape index (κ2) is 7.40. The lowest BCUT2D eigenvalue weighted by atomic mass is 10.4. The molecule has 6 nitrogen and oxygen atoms in total.